The van der Waals surface area contributed by atoms with Crippen LogP contribution in [0.4, 0.5) is 11.6 Å². The summed E-state index contributed by atoms with van der Waals surface area (Å²) in [6, 6.07) is 20.6. The average molecular weight is 639 g/mol. The van der Waals surface area contributed by atoms with Crippen molar-refractivity contribution in [3.8, 4) is 45.3 Å². The third kappa shape index (κ3) is 9.53. The van der Waals surface area contributed by atoms with Crippen molar-refractivity contribution in [2.24, 2.45) is 0 Å². The summed E-state index contributed by atoms with van der Waals surface area (Å²) >= 11 is 0. The molecule has 1 saturated heterocycles. The lowest BCUT2D eigenvalue weighted by Gasteiger charge is -2.24. The predicted octanol–water partition coefficient (Wildman–Crippen LogP) is 8.68. The SMILES string of the molecule is CC(C)Oc1cc(OC(C)C)cc(-c2ccc(N3CCCN(c4ccc(-c5cc(OC(C)C)cc(OC(C)C)c5)cn4)CC3)nc2)c1. The molecule has 8 heteroatoms. The van der Waals surface area contributed by atoms with Crippen molar-refractivity contribution in [2.45, 2.75) is 86.2 Å². The van der Waals surface area contributed by atoms with Crippen LogP contribution in [0.25, 0.3) is 22.3 Å². The minimum atomic E-state index is 0.0768. The summed E-state index contributed by atoms with van der Waals surface area (Å²) in [6.07, 6.45) is 5.22. The average Bonchev–Trinajstić information content (AvgIpc) is 3.26. The molecule has 3 heterocycles. The highest BCUT2D eigenvalue weighted by atomic mass is 16.5. The first-order valence-corrected chi connectivity index (χ1v) is 16.9. The van der Waals surface area contributed by atoms with Gasteiger partial charge in [-0.1, -0.05) is 0 Å². The Morgan fingerprint density at radius 3 is 1.06 bits per heavy atom. The molecule has 0 unspecified atom stereocenters. The summed E-state index contributed by atoms with van der Waals surface area (Å²) in [5.41, 5.74) is 4.11. The van der Waals surface area contributed by atoms with Crippen LogP contribution in [-0.4, -0.2) is 60.6 Å². The number of hydrogen-bond donors (Lipinski definition) is 0. The highest BCUT2D eigenvalue weighted by Crippen LogP contribution is 2.33. The molecule has 4 aromatic rings. The van der Waals surface area contributed by atoms with Gasteiger partial charge in [-0.05, 0) is 121 Å². The maximum absolute atomic E-state index is 6.01. The lowest BCUT2D eigenvalue weighted by atomic mass is 10.1. The molecule has 1 aliphatic rings. The summed E-state index contributed by atoms with van der Waals surface area (Å²) < 4.78 is 24.1. The third-order valence-corrected chi connectivity index (χ3v) is 7.55. The Hall–Kier alpha value is -4.46. The second-order valence-electron chi connectivity index (χ2n) is 13.2. The molecular weight excluding hydrogens is 588 g/mol. The summed E-state index contributed by atoms with van der Waals surface area (Å²) in [4.78, 5) is 14.5. The first-order chi connectivity index (χ1) is 22.5. The van der Waals surface area contributed by atoms with Gasteiger partial charge in [-0.25, -0.2) is 9.97 Å². The van der Waals surface area contributed by atoms with Gasteiger partial charge in [-0.2, -0.15) is 0 Å². The van der Waals surface area contributed by atoms with E-state index in [1.165, 1.54) is 0 Å². The summed E-state index contributed by atoms with van der Waals surface area (Å²) in [5.74, 6) is 5.15. The molecule has 2 aromatic heterocycles. The number of benzene rings is 2. The van der Waals surface area contributed by atoms with Gasteiger partial charge in [0, 0.05) is 61.8 Å². The van der Waals surface area contributed by atoms with E-state index in [1.54, 1.807) is 0 Å². The fraction of sp³-hybridized carbons (Fsp3) is 0.436. The molecule has 0 bridgehead atoms. The molecule has 8 nitrogen and oxygen atoms in total. The first kappa shape index (κ1) is 33.9. The topological polar surface area (TPSA) is 69.2 Å². The smallest absolute Gasteiger partial charge is 0.128 e. The summed E-state index contributed by atoms with van der Waals surface area (Å²) in [6.45, 7) is 19.8. The monoisotopic (exact) mass is 638 g/mol. The molecule has 0 N–H and O–H groups in total. The van der Waals surface area contributed by atoms with Crippen LogP contribution in [0.5, 0.6) is 23.0 Å². The highest BCUT2D eigenvalue weighted by molar-refractivity contribution is 5.69. The molecule has 2 aromatic carbocycles. The first-order valence-electron chi connectivity index (χ1n) is 16.9. The Kier molecular flexibility index (Phi) is 11.1. The second-order valence-corrected chi connectivity index (χ2v) is 13.2. The molecule has 250 valence electrons. The number of pyridine rings is 2. The van der Waals surface area contributed by atoms with E-state index in [2.05, 4.69) is 58.3 Å². The van der Waals surface area contributed by atoms with Gasteiger partial charge in [-0.15, -0.1) is 0 Å². The standard InChI is InChI=1S/C39H50N4O4/c1-26(2)44-34-18-32(19-35(22-34)45-27(3)4)30-10-12-38(40-24-30)42-14-9-15-43(17-16-42)39-13-11-31(25-41-39)33-20-36(46-28(5)6)23-37(21-33)47-29(7)8/h10-13,18-29H,9,14-17H2,1-8H3. The van der Waals surface area contributed by atoms with Crippen LogP contribution in [0, 0.1) is 0 Å². The maximum atomic E-state index is 6.01. The maximum Gasteiger partial charge on any atom is 0.128 e. The zero-order valence-corrected chi connectivity index (χ0v) is 29.2. The molecule has 47 heavy (non-hydrogen) atoms. The zero-order chi connectivity index (χ0) is 33.5. The van der Waals surface area contributed by atoms with Crippen molar-refractivity contribution < 1.29 is 18.9 Å². The van der Waals surface area contributed by atoms with Crippen LogP contribution in [0.2, 0.25) is 0 Å². The number of rotatable bonds is 12. The molecule has 1 aliphatic heterocycles. The second kappa shape index (κ2) is 15.4. The van der Waals surface area contributed by atoms with Crippen LogP contribution < -0.4 is 28.7 Å². The predicted molar refractivity (Wildman–Crippen MR) is 191 cm³/mol. The van der Waals surface area contributed by atoms with Crippen molar-refractivity contribution in [3.63, 3.8) is 0 Å². The minimum Gasteiger partial charge on any atom is -0.491 e. The van der Waals surface area contributed by atoms with Crippen LogP contribution in [0.3, 0.4) is 0 Å². The van der Waals surface area contributed by atoms with Gasteiger partial charge >= 0.3 is 0 Å². The van der Waals surface area contributed by atoms with Crippen molar-refractivity contribution in [3.05, 3.63) is 73.1 Å². The molecule has 0 spiro atoms. The van der Waals surface area contributed by atoms with Gasteiger partial charge in [0.15, 0.2) is 0 Å². The Balaban J connectivity index is 1.26. The van der Waals surface area contributed by atoms with E-state index in [0.717, 1.165) is 89.5 Å². The van der Waals surface area contributed by atoms with E-state index < -0.39 is 0 Å². The van der Waals surface area contributed by atoms with Gasteiger partial charge in [0.1, 0.15) is 34.6 Å². The third-order valence-electron chi connectivity index (χ3n) is 7.55. The van der Waals surface area contributed by atoms with Crippen molar-refractivity contribution >= 4 is 11.6 Å². The largest absolute Gasteiger partial charge is 0.491 e. The van der Waals surface area contributed by atoms with E-state index in [0.29, 0.717) is 0 Å². The lowest BCUT2D eigenvalue weighted by molar-refractivity contribution is 0.228. The van der Waals surface area contributed by atoms with Crippen molar-refractivity contribution in [1.29, 1.82) is 0 Å². The highest BCUT2D eigenvalue weighted by Gasteiger charge is 2.18. The van der Waals surface area contributed by atoms with Gasteiger partial charge in [0.25, 0.3) is 0 Å². The van der Waals surface area contributed by atoms with Crippen molar-refractivity contribution in [1.82, 2.24) is 9.97 Å². The normalized spacial score (nSPS) is 13.8. The quantitative estimate of drug-likeness (QED) is 0.153. The van der Waals surface area contributed by atoms with E-state index in [-0.39, 0.29) is 24.4 Å². The molecule has 0 radical (unpaired) electrons. The van der Waals surface area contributed by atoms with E-state index in [9.17, 15) is 0 Å². The van der Waals surface area contributed by atoms with Gasteiger partial charge in [0.2, 0.25) is 0 Å². The minimum absolute atomic E-state index is 0.0768. The number of hydrogen-bond acceptors (Lipinski definition) is 8. The van der Waals surface area contributed by atoms with Crippen LogP contribution in [0.1, 0.15) is 61.8 Å². The molecule has 0 saturated carbocycles. The molecule has 0 atom stereocenters. The zero-order valence-electron chi connectivity index (χ0n) is 29.2. The number of anilines is 2. The lowest BCUT2D eigenvalue weighted by Crippen LogP contribution is -2.31. The van der Waals surface area contributed by atoms with E-state index in [1.807, 2.05) is 79.9 Å². The number of nitrogens with zero attached hydrogens (tertiary/aromatic N) is 4. The molecule has 0 amide bonds. The molecule has 0 aliphatic carbocycles. The van der Waals surface area contributed by atoms with Gasteiger partial charge in [-0.3, -0.25) is 0 Å². The van der Waals surface area contributed by atoms with Crippen LogP contribution in [0.15, 0.2) is 73.1 Å². The Morgan fingerprint density at radius 1 is 0.447 bits per heavy atom. The Bertz CT molecular complexity index is 1410. The van der Waals surface area contributed by atoms with Crippen LogP contribution >= 0.6 is 0 Å². The summed E-state index contributed by atoms with van der Waals surface area (Å²) in [5, 5.41) is 0. The summed E-state index contributed by atoms with van der Waals surface area (Å²) in [7, 11) is 0. The number of aromatic nitrogens is 2. The Morgan fingerprint density at radius 2 is 0.787 bits per heavy atom. The van der Waals surface area contributed by atoms with Crippen molar-refractivity contribution in [2.75, 3.05) is 36.0 Å². The van der Waals surface area contributed by atoms with Crippen LogP contribution in [-0.2, 0) is 0 Å². The fourth-order valence-electron chi connectivity index (χ4n) is 5.70. The number of ether oxygens (including phenoxy) is 4. The molecule has 5 rings (SSSR count). The van der Waals surface area contributed by atoms with E-state index >= 15 is 0 Å². The molecule has 1 fully saturated rings. The van der Waals surface area contributed by atoms with E-state index in [4.69, 9.17) is 28.9 Å². The Labute approximate surface area is 280 Å². The molecular formula is C39H50N4O4. The van der Waals surface area contributed by atoms with Gasteiger partial charge in [0.05, 0.1) is 24.4 Å². The fourth-order valence-corrected chi connectivity index (χ4v) is 5.70. The van der Waals surface area contributed by atoms with Gasteiger partial charge < -0.3 is 28.7 Å².